The first-order valence-corrected chi connectivity index (χ1v) is 8.29. The summed E-state index contributed by atoms with van der Waals surface area (Å²) in [6.07, 6.45) is 1.55. The third-order valence-electron chi connectivity index (χ3n) is 3.08. The number of hydrogen-bond donors (Lipinski definition) is 1. The number of carbonyl (C=O) groups excluding carboxylic acids is 1. The summed E-state index contributed by atoms with van der Waals surface area (Å²) in [5.74, 6) is 1.47. The lowest BCUT2D eigenvalue weighted by Crippen LogP contribution is -2.37. The topological polar surface area (TPSA) is 85.2 Å². The molecule has 22 heavy (non-hydrogen) atoms. The van der Waals surface area contributed by atoms with E-state index in [1.165, 1.54) is 0 Å². The Balaban J connectivity index is 1.82. The molecule has 6 nitrogen and oxygen atoms in total. The highest BCUT2D eigenvalue weighted by molar-refractivity contribution is 7.13. The van der Waals surface area contributed by atoms with Gasteiger partial charge in [-0.05, 0) is 30.3 Å². The second-order valence-electron chi connectivity index (χ2n) is 5.69. The molecule has 0 aliphatic carbocycles. The maximum absolute atomic E-state index is 11.1. The van der Waals surface area contributed by atoms with Crippen LogP contribution >= 0.6 is 11.3 Å². The van der Waals surface area contributed by atoms with Gasteiger partial charge in [0.1, 0.15) is 0 Å². The normalized spacial score (nSPS) is 11.5. The SMILES string of the molecule is CC(C)CN(CCCc1nc(-c2cccs2)no1)CC(N)=O. The molecule has 0 aromatic carbocycles. The van der Waals surface area contributed by atoms with Gasteiger partial charge in [0, 0.05) is 13.0 Å². The van der Waals surface area contributed by atoms with Gasteiger partial charge >= 0.3 is 0 Å². The predicted molar refractivity (Wildman–Crippen MR) is 86.4 cm³/mol. The van der Waals surface area contributed by atoms with E-state index in [1.807, 2.05) is 17.5 Å². The van der Waals surface area contributed by atoms with Gasteiger partial charge in [-0.1, -0.05) is 25.1 Å². The third kappa shape index (κ3) is 5.23. The highest BCUT2D eigenvalue weighted by atomic mass is 32.1. The Hall–Kier alpha value is -1.73. The van der Waals surface area contributed by atoms with Crippen molar-refractivity contribution in [3.05, 3.63) is 23.4 Å². The lowest BCUT2D eigenvalue weighted by molar-refractivity contribution is -0.119. The Morgan fingerprint density at radius 2 is 2.32 bits per heavy atom. The molecule has 2 aromatic heterocycles. The summed E-state index contributed by atoms with van der Waals surface area (Å²) < 4.78 is 5.27. The van der Waals surface area contributed by atoms with Crippen LogP contribution in [0, 0.1) is 5.92 Å². The molecule has 0 spiro atoms. The lowest BCUT2D eigenvalue weighted by Gasteiger charge is -2.22. The van der Waals surface area contributed by atoms with Crippen molar-refractivity contribution in [2.24, 2.45) is 11.7 Å². The molecule has 2 aromatic rings. The van der Waals surface area contributed by atoms with Crippen LogP contribution in [-0.2, 0) is 11.2 Å². The molecule has 2 N–H and O–H groups in total. The summed E-state index contributed by atoms with van der Waals surface area (Å²) in [5, 5.41) is 5.97. The number of aryl methyl sites for hydroxylation is 1. The zero-order valence-electron chi connectivity index (χ0n) is 13.0. The van der Waals surface area contributed by atoms with Crippen molar-refractivity contribution in [3.8, 4) is 10.7 Å². The van der Waals surface area contributed by atoms with Gasteiger partial charge in [-0.2, -0.15) is 4.98 Å². The average molecular weight is 322 g/mol. The maximum atomic E-state index is 11.1. The lowest BCUT2D eigenvalue weighted by atomic mass is 10.2. The molecule has 0 bridgehead atoms. The second-order valence-corrected chi connectivity index (χ2v) is 6.64. The van der Waals surface area contributed by atoms with E-state index in [0.29, 0.717) is 30.6 Å². The van der Waals surface area contributed by atoms with Crippen LogP contribution in [-0.4, -0.2) is 40.6 Å². The molecule has 0 aliphatic rings. The Morgan fingerprint density at radius 3 is 2.95 bits per heavy atom. The minimum atomic E-state index is -0.293. The number of nitrogens with zero attached hydrogens (tertiary/aromatic N) is 3. The van der Waals surface area contributed by atoms with Crippen molar-refractivity contribution < 1.29 is 9.32 Å². The predicted octanol–water partition coefficient (Wildman–Crippen LogP) is 2.17. The smallest absolute Gasteiger partial charge is 0.231 e. The number of aromatic nitrogens is 2. The fourth-order valence-corrected chi connectivity index (χ4v) is 2.94. The molecule has 0 atom stereocenters. The quantitative estimate of drug-likeness (QED) is 0.765. The number of thiophene rings is 1. The van der Waals surface area contributed by atoms with Crippen LogP contribution in [0.25, 0.3) is 10.7 Å². The maximum Gasteiger partial charge on any atom is 0.231 e. The second kappa shape index (κ2) is 8.05. The van der Waals surface area contributed by atoms with E-state index in [2.05, 4.69) is 28.9 Å². The van der Waals surface area contributed by atoms with E-state index < -0.39 is 0 Å². The minimum absolute atomic E-state index is 0.293. The largest absolute Gasteiger partial charge is 0.369 e. The fourth-order valence-electron chi connectivity index (χ4n) is 2.29. The van der Waals surface area contributed by atoms with Crippen LogP contribution in [0.3, 0.4) is 0 Å². The molecule has 0 radical (unpaired) electrons. The summed E-state index contributed by atoms with van der Waals surface area (Å²) >= 11 is 1.59. The van der Waals surface area contributed by atoms with Gasteiger partial charge in [0.15, 0.2) is 0 Å². The van der Waals surface area contributed by atoms with Gasteiger partial charge in [-0.3, -0.25) is 9.69 Å². The zero-order chi connectivity index (χ0) is 15.9. The van der Waals surface area contributed by atoms with E-state index >= 15 is 0 Å². The summed E-state index contributed by atoms with van der Waals surface area (Å²) in [6, 6.07) is 3.93. The van der Waals surface area contributed by atoms with Crippen molar-refractivity contribution in [2.75, 3.05) is 19.6 Å². The van der Waals surface area contributed by atoms with Crippen molar-refractivity contribution in [1.29, 1.82) is 0 Å². The van der Waals surface area contributed by atoms with Crippen LogP contribution in [0.2, 0.25) is 0 Å². The highest BCUT2D eigenvalue weighted by Crippen LogP contribution is 2.21. The molecule has 0 fully saturated rings. The molecule has 0 saturated heterocycles. The molecule has 1 amide bonds. The standard InChI is InChI=1S/C15H22N4O2S/c1-11(2)9-19(10-13(16)20)7-3-6-14-17-15(18-21-14)12-5-4-8-22-12/h4-5,8,11H,3,6-7,9-10H2,1-2H3,(H2,16,20). The van der Waals surface area contributed by atoms with E-state index in [9.17, 15) is 4.79 Å². The van der Waals surface area contributed by atoms with Crippen LogP contribution in [0.5, 0.6) is 0 Å². The molecule has 7 heteroatoms. The van der Waals surface area contributed by atoms with Crippen molar-refractivity contribution in [2.45, 2.75) is 26.7 Å². The zero-order valence-corrected chi connectivity index (χ0v) is 13.8. The van der Waals surface area contributed by atoms with Gasteiger partial charge in [0.05, 0.1) is 11.4 Å². The number of amides is 1. The number of primary amides is 1. The van der Waals surface area contributed by atoms with E-state index in [4.69, 9.17) is 10.3 Å². The highest BCUT2D eigenvalue weighted by Gasteiger charge is 2.12. The Morgan fingerprint density at radius 1 is 1.50 bits per heavy atom. The van der Waals surface area contributed by atoms with Gasteiger partial charge < -0.3 is 10.3 Å². The first kappa shape index (κ1) is 16.6. The van der Waals surface area contributed by atoms with Gasteiger partial charge in [0.2, 0.25) is 17.6 Å². The van der Waals surface area contributed by atoms with Crippen molar-refractivity contribution in [3.63, 3.8) is 0 Å². The molecular weight excluding hydrogens is 300 g/mol. The number of nitrogens with two attached hydrogens (primary N) is 1. The summed E-state index contributed by atoms with van der Waals surface area (Å²) in [4.78, 5) is 18.6. The molecule has 2 heterocycles. The van der Waals surface area contributed by atoms with Crippen LogP contribution in [0.1, 0.15) is 26.2 Å². The first-order chi connectivity index (χ1) is 10.5. The van der Waals surface area contributed by atoms with Crippen LogP contribution in [0.4, 0.5) is 0 Å². The number of hydrogen-bond acceptors (Lipinski definition) is 6. The first-order valence-electron chi connectivity index (χ1n) is 7.41. The minimum Gasteiger partial charge on any atom is -0.369 e. The van der Waals surface area contributed by atoms with E-state index in [1.54, 1.807) is 11.3 Å². The van der Waals surface area contributed by atoms with Gasteiger partial charge in [0.25, 0.3) is 0 Å². The number of carbonyl (C=O) groups is 1. The van der Waals surface area contributed by atoms with Crippen LogP contribution < -0.4 is 5.73 Å². The Kier molecular flexibility index (Phi) is 6.09. The Bertz CT molecular complexity index is 580. The van der Waals surface area contributed by atoms with E-state index in [0.717, 1.165) is 24.4 Å². The molecule has 0 unspecified atom stereocenters. The monoisotopic (exact) mass is 322 g/mol. The Labute approximate surface area is 134 Å². The number of rotatable bonds is 9. The molecular formula is C15H22N4O2S. The van der Waals surface area contributed by atoms with Crippen molar-refractivity contribution in [1.82, 2.24) is 15.0 Å². The molecule has 0 aliphatic heterocycles. The summed E-state index contributed by atoms with van der Waals surface area (Å²) in [7, 11) is 0. The van der Waals surface area contributed by atoms with Gasteiger partial charge in [-0.15, -0.1) is 11.3 Å². The van der Waals surface area contributed by atoms with E-state index in [-0.39, 0.29) is 5.91 Å². The molecule has 120 valence electrons. The third-order valence-corrected chi connectivity index (χ3v) is 3.94. The molecule has 2 rings (SSSR count). The van der Waals surface area contributed by atoms with Crippen LogP contribution in [0.15, 0.2) is 22.0 Å². The summed E-state index contributed by atoms with van der Waals surface area (Å²) in [5.41, 5.74) is 5.29. The fraction of sp³-hybridized carbons (Fsp3) is 0.533. The van der Waals surface area contributed by atoms with Crippen molar-refractivity contribution >= 4 is 17.2 Å². The summed E-state index contributed by atoms with van der Waals surface area (Å²) in [6.45, 7) is 6.19. The average Bonchev–Trinajstić information content (AvgIpc) is 3.07. The van der Waals surface area contributed by atoms with Gasteiger partial charge in [-0.25, -0.2) is 0 Å². The molecule has 0 saturated carbocycles.